The largest absolute Gasteiger partial charge is 0.480 e. The minimum Gasteiger partial charge on any atom is -0.480 e. The van der Waals surface area contributed by atoms with Gasteiger partial charge >= 0.3 is 5.97 Å². The maximum absolute atomic E-state index is 12.7. The third kappa shape index (κ3) is 2.47. The van der Waals surface area contributed by atoms with Crippen molar-refractivity contribution < 1.29 is 23.0 Å². The molecule has 1 heterocycles. The summed E-state index contributed by atoms with van der Waals surface area (Å²) in [5.41, 5.74) is -1.34. The quantitative estimate of drug-likeness (QED) is 0.754. The van der Waals surface area contributed by atoms with E-state index in [0.717, 1.165) is 13.2 Å². The topological polar surface area (TPSA) is 72.2 Å². The second kappa shape index (κ2) is 5.21. The van der Waals surface area contributed by atoms with Crippen LogP contribution in [-0.2, 0) is 4.74 Å². The van der Waals surface area contributed by atoms with E-state index < -0.39 is 23.5 Å². The number of aromatic nitrogens is 1. The summed E-state index contributed by atoms with van der Waals surface area (Å²) < 4.78 is 34.4. The number of esters is 1. The molecule has 7 heteroatoms. The molecular weight excluding hydrogens is 234 g/mol. The lowest BCUT2D eigenvalue weighted by atomic mass is 10.1. The van der Waals surface area contributed by atoms with E-state index in [1.807, 2.05) is 0 Å². The van der Waals surface area contributed by atoms with Gasteiger partial charge in [-0.05, 0) is 6.07 Å². The van der Waals surface area contributed by atoms with E-state index in [2.05, 4.69) is 14.5 Å². The maximum atomic E-state index is 12.7. The van der Waals surface area contributed by atoms with Gasteiger partial charge in [0, 0.05) is 5.56 Å². The lowest BCUT2D eigenvalue weighted by molar-refractivity contribution is 0.0592. The average Bonchev–Trinajstić information content (AvgIpc) is 2.35. The molecule has 5 nitrogen and oxygen atoms in total. The van der Waals surface area contributed by atoms with Crippen molar-refractivity contribution in [2.75, 3.05) is 14.2 Å². The van der Waals surface area contributed by atoms with Crippen molar-refractivity contribution in [3.63, 3.8) is 0 Å². The SMILES string of the molecule is COC(=O)c1cc(C(F)F)c(C#N)c(OC)n1. The molecule has 0 unspecified atom stereocenters. The van der Waals surface area contributed by atoms with Gasteiger partial charge in [0.05, 0.1) is 14.2 Å². The van der Waals surface area contributed by atoms with Crippen molar-refractivity contribution >= 4 is 5.97 Å². The van der Waals surface area contributed by atoms with Crippen LogP contribution in [0.1, 0.15) is 28.0 Å². The predicted octanol–water partition coefficient (Wildman–Crippen LogP) is 1.69. The van der Waals surface area contributed by atoms with Crippen LogP contribution in [0.3, 0.4) is 0 Å². The molecule has 17 heavy (non-hydrogen) atoms. The lowest BCUT2D eigenvalue weighted by Gasteiger charge is -2.09. The first-order chi connectivity index (χ1) is 8.04. The number of hydrogen-bond acceptors (Lipinski definition) is 5. The molecule has 0 spiro atoms. The number of methoxy groups -OCH3 is 2. The van der Waals surface area contributed by atoms with Crippen molar-refractivity contribution in [3.8, 4) is 11.9 Å². The minimum atomic E-state index is -2.91. The molecule has 1 aromatic heterocycles. The van der Waals surface area contributed by atoms with Crippen LogP contribution in [0, 0.1) is 11.3 Å². The third-order valence-electron chi connectivity index (χ3n) is 1.95. The molecular formula is C10H8F2N2O3. The van der Waals surface area contributed by atoms with Crippen LogP contribution in [0.4, 0.5) is 8.78 Å². The zero-order valence-electron chi connectivity index (χ0n) is 9.03. The highest BCUT2D eigenvalue weighted by Crippen LogP contribution is 2.28. The number of ether oxygens (including phenoxy) is 2. The summed E-state index contributed by atoms with van der Waals surface area (Å²) in [5.74, 6) is -1.21. The first-order valence-corrected chi connectivity index (χ1v) is 4.40. The van der Waals surface area contributed by atoms with Gasteiger partial charge in [-0.25, -0.2) is 18.6 Å². The number of nitriles is 1. The van der Waals surface area contributed by atoms with Gasteiger partial charge < -0.3 is 9.47 Å². The monoisotopic (exact) mass is 242 g/mol. The maximum Gasteiger partial charge on any atom is 0.356 e. The Morgan fingerprint density at radius 1 is 1.53 bits per heavy atom. The van der Waals surface area contributed by atoms with Crippen molar-refractivity contribution in [1.29, 1.82) is 5.26 Å². The van der Waals surface area contributed by atoms with Crippen LogP contribution < -0.4 is 4.74 Å². The molecule has 0 radical (unpaired) electrons. The number of carbonyl (C=O) groups is 1. The molecule has 0 aliphatic carbocycles. The van der Waals surface area contributed by atoms with Gasteiger partial charge in [0.1, 0.15) is 11.6 Å². The Bertz CT molecular complexity index is 483. The Kier molecular flexibility index (Phi) is 3.93. The summed E-state index contributed by atoms with van der Waals surface area (Å²) in [7, 11) is 2.26. The van der Waals surface area contributed by atoms with E-state index in [1.165, 1.54) is 7.11 Å². The Labute approximate surface area is 95.6 Å². The highest BCUT2D eigenvalue weighted by molar-refractivity contribution is 5.87. The highest BCUT2D eigenvalue weighted by Gasteiger charge is 2.22. The summed E-state index contributed by atoms with van der Waals surface area (Å²) in [6, 6.07) is 2.38. The smallest absolute Gasteiger partial charge is 0.356 e. The van der Waals surface area contributed by atoms with E-state index in [4.69, 9.17) is 5.26 Å². The molecule has 0 aromatic carbocycles. The first-order valence-electron chi connectivity index (χ1n) is 4.40. The molecule has 1 aromatic rings. The average molecular weight is 242 g/mol. The molecule has 0 amide bonds. The Hall–Kier alpha value is -2.23. The van der Waals surface area contributed by atoms with E-state index in [-0.39, 0.29) is 11.6 Å². The lowest BCUT2D eigenvalue weighted by Crippen LogP contribution is -2.09. The van der Waals surface area contributed by atoms with Crippen molar-refractivity contribution in [3.05, 3.63) is 22.9 Å². The van der Waals surface area contributed by atoms with Crippen LogP contribution in [0.2, 0.25) is 0 Å². The predicted molar refractivity (Wildman–Crippen MR) is 51.8 cm³/mol. The third-order valence-corrected chi connectivity index (χ3v) is 1.95. The van der Waals surface area contributed by atoms with Crippen LogP contribution >= 0.6 is 0 Å². The first kappa shape index (κ1) is 12.8. The molecule has 0 saturated carbocycles. The Morgan fingerprint density at radius 2 is 2.18 bits per heavy atom. The summed E-state index contributed by atoms with van der Waals surface area (Å²) >= 11 is 0. The summed E-state index contributed by atoms with van der Waals surface area (Å²) in [6.45, 7) is 0. The van der Waals surface area contributed by atoms with Gasteiger partial charge in [-0.15, -0.1) is 0 Å². The number of carbonyl (C=O) groups excluding carboxylic acids is 1. The van der Waals surface area contributed by atoms with E-state index >= 15 is 0 Å². The second-order valence-corrected chi connectivity index (χ2v) is 2.89. The minimum absolute atomic E-state index is 0.328. The van der Waals surface area contributed by atoms with Crippen LogP contribution in [0.15, 0.2) is 6.07 Å². The molecule has 0 bridgehead atoms. The number of alkyl halides is 2. The van der Waals surface area contributed by atoms with Gasteiger partial charge in [-0.1, -0.05) is 0 Å². The fourth-order valence-electron chi connectivity index (χ4n) is 1.18. The molecule has 0 atom stereocenters. The fourth-order valence-corrected chi connectivity index (χ4v) is 1.18. The summed E-state index contributed by atoms with van der Waals surface area (Å²) in [4.78, 5) is 14.8. The number of nitrogens with zero attached hydrogens (tertiary/aromatic N) is 2. The van der Waals surface area contributed by atoms with Gasteiger partial charge in [0.25, 0.3) is 6.43 Å². The number of hydrogen-bond donors (Lipinski definition) is 0. The van der Waals surface area contributed by atoms with E-state index in [1.54, 1.807) is 6.07 Å². The second-order valence-electron chi connectivity index (χ2n) is 2.89. The van der Waals surface area contributed by atoms with Crippen LogP contribution in [-0.4, -0.2) is 25.2 Å². The Morgan fingerprint density at radius 3 is 2.59 bits per heavy atom. The highest BCUT2D eigenvalue weighted by atomic mass is 19.3. The zero-order chi connectivity index (χ0) is 13.0. The number of pyridine rings is 1. The van der Waals surface area contributed by atoms with Gasteiger partial charge in [-0.3, -0.25) is 0 Å². The number of rotatable bonds is 3. The van der Waals surface area contributed by atoms with Crippen molar-refractivity contribution in [2.45, 2.75) is 6.43 Å². The summed E-state index contributed by atoms with van der Waals surface area (Å²) in [6.07, 6.45) is -2.91. The molecule has 90 valence electrons. The van der Waals surface area contributed by atoms with Crippen molar-refractivity contribution in [1.82, 2.24) is 4.98 Å². The van der Waals surface area contributed by atoms with Gasteiger partial charge in [0.2, 0.25) is 5.88 Å². The van der Waals surface area contributed by atoms with Gasteiger partial charge in [-0.2, -0.15) is 5.26 Å². The molecule has 0 saturated heterocycles. The molecule has 0 aliphatic heterocycles. The van der Waals surface area contributed by atoms with Crippen molar-refractivity contribution in [2.24, 2.45) is 0 Å². The molecule has 1 rings (SSSR count). The normalized spacial score (nSPS) is 9.88. The summed E-state index contributed by atoms with van der Waals surface area (Å²) in [5, 5.41) is 8.75. The van der Waals surface area contributed by atoms with Crippen LogP contribution in [0.25, 0.3) is 0 Å². The molecule has 0 aliphatic rings. The van der Waals surface area contributed by atoms with E-state index in [0.29, 0.717) is 0 Å². The zero-order valence-corrected chi connectivity index (χ0v) is 9.03. The fraction of sp³-hybridized carbons (Fsp3) is 0.300. The molecule has 0 N–H and O–H groups in total. The van der Waals surface area contributed by atoms with Gasteiger partial charge in [0.15, 0.2) is 5.69 Å². The van der Waals surface area contributed by atoms with E-state index in [9.17, 15) is 13.6 Å². The number of halogens is 2. The Balaban J connectivity index is 3.47. The standard InChI is InChI=1S/C10H8F2N2O3/c1-16-9-6(4-13)5(8(11)12)3-7(14-9)10(15)17-2/h3,8H,1-2H3. The molecule has 0 fully saturated rings. The van der Waals surface area contributed by atoms with Crippen LogP contribution in [0.5, 0.6) is 5.88 Å².